The van der Waals surface area contributed by atoms with E-state index in [9.17, 15) is 4.39 Å². The second kappa shape index (κ2) is 8.47. The Morgan fingerprint density at radius 3 is 1.59 bits per heavy atom. The largest absolute Gasteiger partial charge is 0.208 e. The maximum absolute atomic E-state index is 15.2. The highest BCUT2D eigenvalue weighted by molar-refractivity contribution is 5.82. The van der Waals surface area contributed by atoms with Crippen molar-refractivity contribution in [3.05, 3.63) is 115 Å². The maximum Gasteiger partial charge on any atom is 0.167 e. The summed E-state index contributed by atoms with van der Waals surface area (Å²) >= 11 is 0. The Hall–Kier alpha value is -4.25. The lowest BCUT2D eigenvalue weighted by Crippen LogP contribution is -2.02. The van der Waals surface area contributed by atoms with Crippen molar-refractivity contribution in [2.45, 2.75) is 0 Å². The van der Waals surface area contributed by atoms with Gasteiger partial charge in [0.05, 0.1) is 5.56 Å². The van der Waals surface area contributed by atoms with Gasteiger partial charge in [0.2, 0.25) is 0 Å². The molecule has 0 fully saturated rings. The van der Waals surface area contributed by atoms with Gasteiger partial charge in [-0.15, -0.1) is 0 Å². The summed E-state index contributed by atoms with van der Waals surface area (Å²) < 4.78 is 29.1. The summed E-state index contributed by atoms with van der Waals surface area (Å²) in [5, 5.41) is 0. The molecular formula is C27H17F2N3. The van der Waals surface area contributed by atoms with Gasteiger partial charge < -0.3 is 0 Å². The zero-order chi connectivity index (χ0) is 21.9. The molecule has 0 atom stereocenters. The summed E-state index contributed by atoms with van der Waals surface area (Å²) in [5.41, 5.74) is 2.83. The van der Waals surface area contributed by atoms with Gasteiger partial charge in [0.25, 0.3) is 0 Å². The number of aromatic nitrogens is 3. The molecule has 1 heterocycles. The Balaban J connectivity index is 1.77. The Morgan fingerprint density at radius 1 is 0.469 bits per heavy atom. The summed E-state index contributed by atoms with van der Waals surface area (Å²) in [7, 11) is 0. The van der Waals surface area contributed by atoms with Crippen LogP contribution in [0.1, 0.15) is 0 Å². The van der Waals surface area contributed by atoms with E-state index in [2.05, 4.69) is 15.0 Å². The van der Waals surface area contributed by atoms with Crippen LogP contribution in [0.3, 0.4) is 0 Å². The first kappa shape index (κ1) is 19.7. The standard InChI is InChI=1S/C27H17F2N3/c28-21-14-7-13-20(17-21)22-15-8-16-23(29)24(22)27-31-25(18-9-3-1-4-10-18)30-26(32-27)19-11-5-2-6-12-19/h1-17H. The van der Waals surface area contributed by atoms with Gasteiger partial charge in [-0.2, -0.15) is 0 Å². The van der Waals surface area contributed by atoms with Crippen molar-refractivity contribution in [3.63, 3.8) is 0 Å². The van der Waals surface area contributed by atoms with Crippen molar-refractivity contribution >= 4 is 0 Å². The van der Waals surface area contributed by atoms with Crippen molar-refractivity contribution in [2.24, 2.45) is 0 Å². The molecule has 0 radical (unpaired) electrons. The third-order valence-electron chi connectivity index (χ3n) is 5.07. The van der Waals surface area contributed by atoms with E-state index in [-0.39, 0.29) is 11.4 Å². The molecule has 0 aliphatic rings. The molecule has 0 saturated carbocycles. The van der Waals surface area contributed by atoms with E-state index in [1.807, 2.05) is 60.7 Å². The third kappa shape index (κ3) is 3.88. The highest BCUT2D eigenvalue weighted by atomic mass is 19.1. The lowest BCUT2D eigenvalue weighted by atomic mass is 9.98. The average molecular weight is 421 g/mol. The molecule has 32 heavy (non-hydrogen) atoms. The van der Waals surface area contributed by atoms with Gasteiger partial charge in [-0.25, -0.2) is 23.7 Å². The normalized spacial score (nSPS) is 10.8. The third-order valence-corrected chi connectivity index (χ3v) is 5.07. The first-order valence-electron chi connectivity index (χ1n) is 10.1. The Labute approximate surface area is 184 Å². The van der Waals surface area contributed by atoms with Gasteiger partial charge >= 0.3 is 0 Å². The number of halogens is 2. The van der Waals surface area contributed by atoms with Crippen molar-refractivity contribution in [3.8, 4) is 45.3 Å². The van der Waals surface area contributed by atoms with Gasteiger partial charge in [0.15, 0.2) is 17.5 Å². The van der Waals surface area contributed by atoms with Crippen LogP contribution in [-0.2, 0) is 0 Å². The first-order chi connectivity index (χ1) is 15.7. The summed E-state index contributed by atoms with van der Waals surface area (Å²) in [4.78, 5) is 13.9. The molecule has 0 saturated heterocycles. The predicted molar refractivity (Wildman–Crippen MR) is 121 cm³/mol. The second-order valence-electron chi connectivity index (χ2n) is 7.21. The van der Waals surface area contributed by atoms with E-state index in [1.165, 1.54) is 18.2 Å². The zero-order valence-electron chi connectivity index (χ0n) is 16.9. The Bertz CT molecular complexity index is 1330. The second-order valence-corrected chi connectivity index (χ2v) is 7.21. The molecule has 4 aromatic carbocycles. The molecule has 5 heteroatoms. The van der Waals surface area contributed by atoms with Crippen LogP contribution in [0.2, 0.25) is 0 Å². The first-order valence-corrected chi connectivity index (χ1v) is 10.1. The van der Waals surface area contributed by atoms with Crippen molar-refractivity contribution < 1.29 is 8.78 Å². The van der Waals surface area contributed by atoms with Crippen molar-refractivity contribution in [1.82, 2.24) is 15.0 Å². The monoisotopic (exact) mass is 421 g/mol. The van der Waals surface area contributed by atoms with Crippen LogP contribution in [0.15, 0.2) is 103 Å². The molecule has 0 spiro atoms. The summed E-state index contributed by atoms with van der Waals surface area (Å²) in [6.07, 6.45) is 0. The number of hydrogen-bond acceptors (Lipinski definition) is 3. The van der Waals surface area contributed by atoms with Crippen LogP contribution < -0.4 is 0 Å². The minimum atomic E-state index is -0.490. The van der Waals surface area contributed by atoms with Crippen LogP contribution in [-0.4, -0.2) is 15.0 Å². The fraction of sp³-hybridized carbons (Fsp3) is 0. The number of benzene rings is 4. The number of rotatable bonds is 4. The molecular weight excluding hydrogens is 404 g/mol. The average Bonchev–Trinajstić information content (AvgIpc) is 2.85. The van der Waals surface area contributed by atoms with E-state index in [0.29, 0.717) is 22.8 Å². The van der Waals surface area contributed by atoms with Crippen LogP contribution in [0.4, 0.5) is 8.78 Å². The number of nitrogens with zero attached hydrogens (tertiary/aromatic N) is 3. The SMILES string of the molecule is Fc1cccc(-c2cccc(F)c2-c2nc(-c3ccccc3)nc(-c3ccccc3)n2)c1. The summed E-state index contributed by atoms with van der Waals surface area (Å²) in [5.74, 6) is 0.167. The molecule has 5 aromatic rings. The minimum absolute atomic E-state index is 0.190. The van der Waals surface area contributed by atoms with Crippen LogP contribution in [0.25, 0.3) is 45.3 Å². The molecule has 0 amide bonds. The number of hydrogen-bond donors (Lipinski definition) is 0. The zero-order valence-corrected chi connectivity index (χ0v) is 16.9. The van der Waals surface area contributed by atoms with Crippen molar-refractivity contribution in [2.75, 3.05) is 0 Å². The summed E-state index contributed by atoms with van der Waals surface area (Å²) in [6, 6.07) is 29.7. The molecule has 0 unspecified atom stereocenters. The van der Waals surface area contributed by atoms with Gasteiger partial charge in [0.1, 0.15) is 11.6 Å². The summed E-state index contributed by atoms with van der Waals surface area (Å²) in [6.45, 7) is 0. The highest BCUT2D eigenvalue weighted by Crippen LogP contribution is 2.34. The Kier molecular flexibility index (Phi) is 5.22. The van der Waals surface area contributed by atoms with E-state index in [0.717, 1.165) is 11.1 Å². The fourth-order valence-electron chi connectivity index (χ4n) is 3.57. The molecule has 0 bridgehead atoms. The van der Waals surface area contributed by atoms with Gasteiger partial charge in [-0.1, -0.05) is 84.9 Å². The van der Waals surface area contributed by atoms with Gasteiger partial charge in [-0.3, -0.25) is 0 Å². The predicted octanol–water partition coefficient (Wildman–Crippen LogP) is 6.82. The fourth-order valence-corrected chi connectivity index (χ4v) is 3.57. The van der Waals surface area contributed by atoms with E-state index < -0.39 is 11.6 Å². The molecule has 0 N–H and O–H groups in total. The molecule has 1 aromatic heterocycles. The molecule has 5 rings (SSSR count). The van der Waals surface area contributed by atoms with E-state index in [4.69, 9.17) is 0 Å². The van der Waals surface area contributed by atoms with Crippen LogP contribution in [0, 0.1) is 11.6 Å². The van der Waals surface area contributed by atoms with Crippen LogP contribution >= 0.6 is 0 Å². The smallest absolute Gasteiger partial charge is 0.167 e. The lowest BCUT2D eigenvalue weighted by Gasteiger charge is -2.13. The van der Waals surface area contributed by atoms with Crippen LogP contribution in [0.5, 0.6) is 0 Å². The highest BCUT2D eigenvalue weighted by Gasteiger charge is 2.19. The van der Waals surface area contributed by atoms with Gasteiger partial charge in [0, 0.05) is 11.1 Å². The Morgan fingerprint density at radius 2 is 1.00 bits per heavy atom. The molecule has 154 valence electrons. The molecule has 0 aliphatic carbocycles. The van der Waals surface area contributed by atoms with Crippen molar-refractivity contribution in [1.29, 1.82) is 0 Å². The lowest BCUT2D eigenvalue weighted by molar-refractivity contribution is 0.627. The molecule has 3 nitrogen and oxygen atoms in total. The topological polar surface area (TPSA) is 38.7 Å². The van der Waals surface area contributed by atoms with E-state index >= 15 is 4.39 Å². The maximum atomic E-state index is 15.2. The minimum Gasteiger partial charge on any atom is -0.208 e. The molecule has 0 aliphatic heterocycles. The van der Waals surface area contributed by atoms with E-state index in [1.54, 1.807) is 24.3 Å². The quantitative estimate of drug-likeness (QED) is 0.320. The van der Waals surface area contributed by atoms with Gasteiger partial charge in [-0.05, 0) is 29.3 Å².